The second-order valence-corrected chi connectivity index (χ2v) is 12.2. The quantitative estimate of drug-likeness (QED) is 0.185. The number of benzene rings is 3. The van der Waals surface area contributed by atoms with Crippen molar-refractivity contribution in [2.24, 2.45) is 0 Å². The van der Waals surface area contributed by atoms with E-state index >= 15 is 0 Å². The first-order valence-electron chi connectivity index (χ1n) is 16.3. The Morgan fingerprint density at radius 1 is 0.688 bits per heavy atom. The molecule has 5 aromatic rings. The summed E-state index contributed by atoms with van der Waals surface area (Å²) in [6.45, 7) is 1.14. The minimum absolute atomic E-state index is 0.225. The Hall–Kier alpha value is -5.50. The fourth-order valence-electron chi connectivity index (χ4n) is 6.59. The molecule has 2 aliphatic heterocycles. The Bertz CT molecular complexity index is 1940. The number of imidazole rings is 2. The van der Waals surface area contributed by atoms with E-state index in [2.05, 4.69) is 31.8 Å². The molecule has 2 fully saturated rings. The molecule has 2 aliphatic rings. The standard InChI is InChI=1S/C38H36N6O4/c45-33(27-9-3-1-4-10-27)37(47)43-21-7-13-31(43)35-39-23-29(41-35)20-17-25-15-18-26(19-16-25)30-24-40-36(42-30)32-14-8-22-44(32)38(48)34(46)28-11-5-2-6-12-28/h1-6,9-12,15-16,18-19,23-24,31-34,45-46H,7-8,13-14,21-22H2,(H,39,41)(H,40,42)/t31-,32-,33+,34+/m0/s1. The van der Waals surface area contributed by atoms with E-state index in [1.54, 1.807) is 46.5 Å². The number of aliphatic hydroxyl groups excluding tert-OH is 2. The van der Waals surface area contributed by atoms with Gasteiger partial charge in [-0.2, -0.15) is 0 Å². The van der Waals surface area contributed by atoms with Gasteiger partial charge < -0.3 is 30.0 Å². The molecule has 2 amide bonds. The van der Waals surface area contributed by atoms with E-state index in [1.165, 1.54) is 0 Å². The lowest BCUT2D eigenvalue weighted by Crippen LogP contribution is -2.35. The van der Waals surface area contributed by atoms with Crippen molar-refractivity contribution in [3.8, 4) is 23.1 Å². The van der Waals surface area contributed by atoms with E-state index in [4.69, 9.17) is 0 Å². The van der Waals surface area contributed by atoms with Crippen LogP contribution in [0.2, 0.25) is 0 Å². The second-order valence-electron chi connectivity index (χ2n) is 12.2. The molecule has 10 nitrogen and oxygen atoms in total. The van der Waals surface area contributed by atoms with Crippen LogP contribution in [0.5, 0.6) is 0 Å². The van der Waals surface area contributed by atoms with Crippen LogP contribution in [0.25, 0.3) is 11.3 Å². The number of nitrogens with one attached hydrogen (secondary N) is 2. The van der Waals surface area contributed by atoms with E-state index in [9.17, 15) is 19.8 Å². The molecule has 7 rings (SSSR count). The molecule has 48 heavy (non-hydrogen) atoms. The average molecular weight is 641 g/mol. The Morgan fingerprint density at radius 3 is 1.77 bits per heavy atom. The molecule has 4 heterocycles. The van der Waals surface area contributed by atoms with Crippen molar-refractivity contribution >= 4 is 11.8 Å². The highest BCUT2D eigenvalue weighted by molar-refractivity contribution is 5.83. The van der Waals surface area contributed by atoms with Crippen molar-refractivity contribution in [2.45, 2.75) is 50.0 Å². The summed E-state index contributed by atoms with van der Waals surface area (Å²) in [5, 5.41) is 21.4. The number of amides is 2. The normalized spacial score (nSPS) is 18.7. The fraction of sp³-hybridized carbons (Fsp3) is 0.263. The summed E-state index contributed by atoms with van der Waals surface area (Å²) in [6.07, 6.45) is 4.23. The highest BCUT2D eigenvalue weighted by Crippen LogP contribution is 2.35. The molecule has 4 atom stereocenters. The van der Waals surface area contributed by atoms with Crippen LogP contribution in [0, 0.1) is 11.8 Å². The van der Waals surface area contributed by atoms with Crippen molar-refractivity contribution in [2.75, 3.05) is 13.1 Å². The van der Waals surface area contributed by atoms with Gasteiger partial charge >= 0.3 is 0 Å². The molecule has 2 aromatic heterocycles. The summed E-state index contributed by atoms with van der Waals surface area (Å²) in [6, 6.07) is 25.3. The van der Waals surface area contributed by atoms with Crippen molar-refractivity contribution < 1.29 is 19.8 Å². The summed E-state index contributed by atoms with van der Waals surface area (Å²) in [4.78, 5) is 45.5. The van der Waals surface area contributed by atoms with Gasteiger partial charge in [-0.3, -0.25) is 9.59 Å². The Morgan fingerprint density at radius 2 is 1.21 bits per heavy atom. The zero-order valence-corrected chi connectivity index (χ0v) is 26.3. The predicted octanol–water partition coefficient (Wildman–Crippen LogP) is 4.99. The van der Waals surface area contributed by atoms with Crippen LogP contribution in [0.3, 0.4) is 0 Å². The number of aliphatic hydroxyl groups is 2. The zero-order valence-electron chi connectivity index (χ0n) is 26.3. The maximum atomic E-state index is 13.2. The summed E-state index contributed by atoms with van der Waals surface area (Å²) in [7, 11) is 0. The lowest BCUT2D eigenvalue weighted by atomic mass is 10.1. The lowest BCUT2D eigenvalue weighted by molar-refractivity contribution is -0.142. The van der Waals surface area contributed by atoms with Crippen LogP contribution < -0.4 is 0 Å². The summed E-state index contributed by atoms with van der Waals surface area (Å²) in [5.74, 6) is 7.03. The largest absolute Gasteiger partial charge is 0.378 e. The van der Waals surface area contributed by atoms with Crippen molar-refractivity contribution in [3.05, 3.63) is 131 Å². The number of carbonyl (C=O) groups excluding carboxylic acids is 2. The lowest BCUT2D eigenvalue weighted by Gasteiger charge is -2.25. The third kappa shape index (κ3) is 6.38. The van der Waals surface area contributed by atoms with Crippen molar-refractivity contribution in [3.63, 3.8) is 0 Å². The summed E-state index contributed by atoms with van der Waals surface area (Å²) >= 11 is 0. The van der Waals surface area contributed by atoms with Gasteiger partial charge in [-0.25, -0.2) is 9.97 Å². The number of rotatable bonds is 7. The third-order valence-corrected chi connectivity index (χ3v) is 9.13. The summed E-state index contributed by atoms with van der Waals surface area (Å²) in [5.41, 5.74) is 4.39. The van der Waals surface area contributed by atoms with Gasteiger partial charge in [0.2, 0.25) is 0 Å². The number of nitrogens with zero attached hydrogens (tertiary/aromatic N) is 4. The smallest absolute Gasteiger partial charge is 0.256 e. The van der Waals surface area contributed by atoms with Crippen LogP contribution in [-0.4, -0.2) is 64.9 Å². The molecule has 0 spiro atoms. The number of H-pyrrole nitrogens is 2. The highest BCUT2D eigenvalue weighted by atomic mass is 16.3. The van der Waals surface area contributed by atoms with Crippen LogP contribution in [-0.2, 0) is 9.59 Å². The highest BCUT2D eigenvalue weighted by Gasteiger charge is 2.36. The maximum absolute atomic E-state index is 13.2. The first-order chi connectivity index (χ1) is 23.5. The maximum Gasteiger partial charge on any atom is 0.256 e. The van der Waals surface area contributed by atoms with E-state index in [1.807, 2.05) is 60.7 Å². The Balaban J connectivity index is 0.995. The first kappa shape index (κ1) is 31.1. The number of aromatic nitrogens is 4. The zero-order chi connectivity index (χ0) is 33.0. The van der Waals surface area contributed by atoms with Gasteiger partial charge in [0.05, 0.1) is 30.2 Å². The molecule has 3 aromatic carbocycles. The summed E-state index contributed by atoms with van der Waals surface area (Å²) < 4.78 is 0. The molecular weight excluding hydrogens is 604 g/mol. The molecule has 0 bridgehead atoms. The molecule has 10 heteroatoms. The van der Waals surface area contributed by atoms with E-state index in [-0.39, 0.29) is 23.9 Å². The number of likely N-dealkylation sites (tertiary alicyclic amines) is 2. The molecule has 0 unspecified atom stereocenters. The van der Waals surface area contributed by atoms with E-state index in [0.717, 1.165) is 42.5 Å². The van der Waals surface area contributed by atoms with Gasteiger partial charge in [0.1, 0.15) is 17.3 Å². The van der Waals surface area contributed by atoms with E-state index in [0.29, 0.717) is 41.6 Å². The monoisotopic (exact) mass is 640 g/mol. The average Bonchev–Trinajstić information content (AvgIpc) is 3.97. The molecule has 0 radical (unpaired) electrons. The Labute approximate surface area is 278 Å². The number of aromatic amines is 2. The second kappa shape index (κ2) is 13.7. The van der Waals surface area contributed by atoms with Gasteiger partial charge in [0.25, 0.3) is 11.8 Å². The number of hydrogen-bond donors (Lipinski definition) is 4. The number of hydrogen-bond acceptors (Lipinski definition) is 6. The van der Waals surface area contributed by atoms with Crippen LogP contribution in [0.15, 0.2) is 97.3 Å². The molecule has 4 N–H and O–H groups in total. The SMILES string of the molecule is O=C([C@H](O)c1ccccc1)N1CCC[C@H]1c1ncc(C#Cc2ccc(-c3cnc([C@@H]4CCCN4C(=O)[C@H](O)c4ccccc4)[nH]3)cc2)[nH]1. The fourth-order valence-corrected chi connectivity index (χ4v) is 6.59. The van der Waals surface area contributed by atoms with Gasteiger partial charge in [-0.1, -0.05) is 78.7 Å². The van der Waals surface area contributed by atoms with Crippen molar-refractivity contribution in [1.29, 1.82) is 0 Å². The van der Waals surface area contributed by atoms with Crippen LogP contribution in [0.4, 0.5) is 0 Å². The topological polar surface area (TPSA) is 138 Å². The Kier molecular flexibility index (Phi) is 8.88. The van der Waals surface area contributed by atoms with Gasteiger partial charge in [-0.15, -0.1) is 0 Å². The van der Waals surface area contributed by atoms with Crippen LogP contribution in [0.1, 0.15) is 84.0 Å². The molecular formula is C38H36N6O4. The molecule has 0 saturated carbocycles. The minimum Gasteiger partial charge on any atom is -0.378 e. The van der Waals surface area contributed by atoms with Crippen molar-refractivity contribution in [1.82, 2.24) is 29.7 Å². The van der Waals surface area contributed by atoms with E-state index < -0.39 is 12.2 Å². The molecule has 242 valence electrons. The first-order valence-corrected chi connectivity index (χ1v) is 16.3. The van der Waals surface area contributed by atoms with Gasteiger partial charge in [0.15, 0.2) is 12.2 Å². The molecule has 2 saturated heterocycles. The van der Waals surface area contributed by atoms with Gasteiger partial charge in [-0.05, 0) is 60.4 Å². The molecule has 0 aliphatic carbocycles. The van der Waals surface area contributed by atoms with Crippen LogP contribution >= 0.6 is 0 Å². The number of carbonyl (C=O) groups is 2. The minimum atomic E-state index is -1.21. The van der Waals surface area contributed by atoms with Gasteiger partial charge in [0, 0.05) is 18.7 Å². The predicted molar refractivity (Wildman–Crippen MR) is 179 cm³/mol. The third-order valence-electron chi connectivity index (χ3n) is 9.13.